The molecule has 3 aromatic heterocycles. The third kappa shape index (κ3) is 3.97. The van der Waals surface area contributed by atoms with E-state index < -0.39 is 0 Å². The Kier molecular flexibility index (Phi) is 5.37. The molecule has 1 N–H and O–H groups in total. The summed E-state index contributed by atoms with van der Waals surface area (Å²) in [4.78, 5) is 16.8. The Bertz CT molecular complexity index is 1260. The molecule has 0 atom stereocenters. The van der Waals surface area contributed by atoms with Crippen LogP contribution in [0, 0.1) is 13.8 Å². The van der Waals surface area contributed by atoms with E-state index in [9.17, 15) is 4.79 Å². The number of nitrogens with one attached hydrogen (secondary N) is 1. The van der Waals surface area contributed by atoms with Gasteiger partial charge in [-0.2, -0.15) is 10.2 Å². The lowest BCUT2D eigenvalue weighted by molar-refractivity contribution is -0.111. The van der Waals surface area contributed by atoms with Crippen LogP contribution in [0.2, 0.25) is 5.15 Å². The molecule has 0 aliphatic carbocycles. The minimum atomic E-state index is -0.274. The van der Waals surface area contributed by atoms with Gasteiger partial charge in [-0.25, -0.2) is 9.67 Å². The van der Waals surface area contributed by atoms with Gasteiger partial charge in [0.05, 0.1) is 29.8 Å². The van der Waals surface area contributed by atoms with E-state index in [0.29, 0.717) is 17.4 Å². The number of rotatable bonds is 5. The van der Waals surface area contributed by atoms with Gasteiger partial charge < -0.3 is 5.32 Å². The normalized spacial score (nSPS) is 11.5. The topological polar surface area (TPSA) is 77.6 Å². The first-order valence-corrected chi connectivity index (χ1v) is 9.85. The first-order chi connectivity index (χ1) is 14.4. The van der Waals surface area contributed by atoms with Crippen LogP contribution < -0.4 is 5.32 Å². The molecule has 0 aliphatic heterocycles. The van der Waals surface area contributed by atoms with E-state index in [2.05, 4.69) is 20.5 Å². The largest absolute Gasteiger partial charge is 0.321 e. The second-order valence-electron chi connectivity index (χ2n) is 7.06. The van der Waals surface area contributed by atoms with Gasteiger partial charge in [0.1, 0.15) is 5.15 Å². The molecule has 152 valence electrons. The van der Waals surface area contributed by atoms with E-state index in [1.54, 1.807) is 21.6 Å². The Morgan fingerprint density at radius 1 is 1.17 bits per heavy atom. The summed E-state index contributed by atoms with van der Waals surface area (Å²) in [6.07, 6.45) is 4.75. The maximum atomic E-state index is 12.4. The predicted octanol–water partition coefficient (Wildman–Crippen LogP) is 4.14. The van der Waals surface area contributed by atoms with Crippen molar-refractivity contribution in [2.24, 2.45) is 7.05 Å². The van der Waals surface area contributed by atoms with Crippen LogP contribution in [0.4, 0.5) is 5.69 Å². The number of fused-ring (bicyclic) bond motifs is 1. The Morgan fingerprint density at radius 2 is 1.93 bits per heavy atom. The van der Waals surface area contributed by atoms with Crippen molar-refractivity contribution in [3.05, 3.63) is 76.3 Å². The summed E-state index contributed by atoms with van der Waals surface area (Å²) in [5.41, 5.74) is 4.82. The zero-order valence-electron chi connectivity index (χ0n) is 16.9. The Labute approximate surface area is 179 Å². The molecule has 30 heavy (non-hydrogen) atoms. The quantitative estimate of drug-likeness (QED) is 0.492. The third-order valence-corrected chi connectivity index (χ3v) is 5.22. The van der Waals surface area contributed by atoms with Crippen LogP contribution in [0.5, 0.6) is 0 Å². The summed E-state index contributed by atoms with van der Waals surface area (Å²) >= 11 is 6.51. The van der Waals surface area contributed by atoms with Crippen LogP contribution in [-0.4, -0.2) is 30.5 Å². The second-order valence-corrected chi connectivity index (χ2v) is 7.42. The highest BCUT2D eigenvalue weighted by molar-refractivity contribution is 6.31. The summed E-state index contributed by atoms with van der Waals surface area (Å²) in [5.74, 6) is -0.274. The second kappa shape index (κ2) is 8.12. The van der Waals surface area contributed by atoms with Gasteiger partial charge in [0.2, 0.25) is 5.91 Å². The number of pyridine rings is 1. The molecule has 3 heterocycles. The molecule has 1 aromatic carbocycles. The zero-order chi connectivity index (χ0) is 21.3. The highest BCUT2D eigenvalue weighted by Gasteiger charge is 2.12. The Morgan fingerprint density at radius 3 is 2.70 bits per heavy atom. The minimum absolute atomic E-state index is 0.274. The molecule has 0 unspecified atom stereocenters. The first kappa shape index (κ1) is 19.8. The molecule has 7 nitrogen and oxygen atoms in total. The molecule has 0 saturated heterocycles. The molecule has 0 bridgehead atoms. The van der Waals surface area contributed by atoms with Crippen molar-refractivity contribution < 1.29 is 4.79 Å². The number of benzene rings is 1. The van der Waals surface area contributed by atoms with Crippen LogP contribution in [-0.2, 0) is 18.4 Å². The summed E-state index contributed by atoms with van der Waals surface area (Å²) in [6.45, 7) is 4.35. The fourth-order valence-corrected chi connectivity index (χ4v) is 3.63. The van der Waals surface area contributed by atoms with Crippen LogP contribution in [0.15, 0.2) is 48.7 Å². The molecule has 0 fully saturated rings. The minimum Gasteiger partial charge on any atom is -0.321 e. The van der Waals surface area contributed by atoms with Gasteiger partial charge in [-0.05, 0) is 31.6 Å². The number of hydrogen-bond acceptors (Lipinski definition) is 4. The fourth-order valence-electron chi connectivity index (χ4n) is 3.34. The molecule has 0 saturated carbocycles. The molecule has 0 radical (unpaired) electrons. The van der Waals surface area contributed by atoms with Crippen LogP contribution >= 0.6 is 11.6 Å². The first-order valence-electron chi connectivity index (χ1n) is 9.47. The number of anilines is 1. The number of halogens is 1. The molecule has 8 heteroatoms. The van der Waals surface area contributed by atoms with Gasteiger partial charge in [0.15, 0.2) is 5.65 Å². The van der Waals surface area contributed by atoms with Gasteiger partial charge in [0.25, 0.3) is 0 Å². The maximum absolute atomic E-state index is 12.4. The number of nitrogens with zero attached hydrogens (tertiary/aromatic N) is 5. The van der Waals surface area contributed by atoms with Crippen molar-refractivity contribution in [1.82, 2.24) is 24.5 Å². The molecule has 4 aromatic rings. The Balaban J connectivity index is 1.49. The summed E-state index contributed by atoms with van der Waals surface area (Å²) in [7, 11) is 1.84. The van der Waals surface area contributed by atoms with E-state index in [1.807, 2.05) is 57.3 Å². The smallest absolute Gasteiger partial charge is 0.248 e. The fraction of sp³-hybridized carbons (Fsp3) is 0.182. The predicted molar refractivity (Wildman–Crippen MR) is 118 cm³/mol. The number of hydrogen-bond donors (Lipinski definition) is 1. The van der Waals surface area contributed by atoms with Gasteiger partial charge in [-0.1, -0.05) is 41.9 Å². The number of carbonyl (C=O) groups is 1. The van der Waals surface area contributed by atoms with Gasteiger partial charge >= 0.3 is 0 Å². The molecule has 0 aliphatic rings. The lowest BCUT2D eigenvalue weighted by Crippen LogP contribution is -2.08. The highest BCUT2D eigenvalue weighted by Crippen LogP contribution is 2.23. The lowest BCUT2D eigenvalue weighted by atomic mass is 10.2. The summed E-state index contributed by atoms with van der Waals surface area (Å²) in [6, 6.07) is 11.8. The molecule has 4 rings (SSSR count). The average molecular weight is 421 g/mol. The summed E-state index contributed by atoms with van der Waals surface area (Å²) in [5, 5.41) is 13.1. The van der Waals surface area contributed by atoms with Crippen molar-refractivity contribution >= 4 is 40.3 Å². The van der Waals surface area contributed by atoms with Gasteiger partial charge in [0, 0.05) is 24.1 Å². The van der Waals surface area contributed by atoms with Crippen molar-refractivity contribution in [3.8, 4) is 0 Å². The molecular weight excluding hydrogens is 400 g/mol. The molecule has 1 amide bonds. The van der Waals surface area contributed by atoms with Crippen LogP contribution in [0.3, 0.4) is 0 Å². The van der Waals surface area contributed by atoms with Crippen molar-refractivity contribution in [3.63, 3.8) is 0 Å². The third-order valence-electron chi connectivity index (χ3n) is 4.82. The molecular formula is C22H21ClN6O. The maximum Gasteiger partial charge on any atom is 0.248 e. The van der Waals surface area contributed by atoms with Crippen LogP contribution in [0.1, 0.15) is 22.5 Å². The van der Waals surface area contributed by atoms with E-state index in [0.717, 1.165) is 33.5 Å². The van der Waals surface area contributed by atoms with Crippen molar-refractivity contribution in [2.45, 2.75) is 20.4 Å². The number of carbonyl (C=O) groups excluding carboxylic acids is 1. The SMILES string of the molecule is Cc1nn(Cc2ccccc2)c(Cl)c1/C=C/C(=O)Nc1cnc2c(c1)c(C)nn2C. The molecule has 0 spiro atoms. The van der Waals surface area contributed by atoms with E-state index in [1.165, 1.54) is 6.08 Å². The van der Waals surface area contributed by atoms with Crippen LogP contribution in [0.25, 0.3) is 17.1 Å². The summed E-state index contributed by atoms with van der Waals surface area (Å²) < 4.78 is 3.45. The zero-order valence-corrected chi connectivity index (χ0v) is 17.7. The Hall–Kier alpha value is -3.45. The van der Waals surface area contributed by atoms with E-state index >= 15 is 0 Å². The van der Waals surface area contributed by atoms with Gasteiger partial charge in [-0.3, -0.25) is 9.48 Å². The number of amides is 1. The highest BCUT2D eigenvalue weighted by atomic mass is 35.5. The standard InChI is InChI=1S/C22H21ClN6O/c1-14-18(21(23)29(27-14)13-16-7-5-4-6-8-16)9-10-20(30)25-17-11-19-15(2)26-28(3)22(19)24-12-17/h4-12H,13H2,1-3H3,(H,25,30)/b10-9+. The van der Waals surface area contributed by atoms with Crippen molar-refractivity contribution in [2.75, 3.05) is 5.32 Å². The monoisotopic (exact) mass is 420 g/mol. The number of aromatic nitrogens is 5. The van der Waals surface area contributed by atoms with Gasteiger partial charge in [-0.15, -0.1) is 0 Å². The van der Waals surface area contributed by atoms with E-state index in [-0.39, 0.29) is 5.91 Å². The van der Waals surface area contributed by atoms with Crippen molar-refractivity contribution in [1.29, 1.82) is 0 Å². The van der Waals surface area contributed by atoms with E-state index in [4.69, 9.17) is 11.6 Å². The average Bonchev–Trinajstić information content (AvgIpc) is 3.15. The number of aryl methyl sites for hydroxylation is 3. The lowest BCUT2D eigenvalue weighted by Gasteiger charge is -2.03.